The molecule has 6 heteroatoms. The molecule has 0 aliphatic rings. The van der Waals surface area contributed by atoms with Crippen LogP contribution >= 0.6 is 22.7 Å². The molecule has 4 rings (SSSR count). The monoisotopic (exact) mass is 312 g/mol. The molecule has 0 radical (unpaired) electrons. The standard InChI is InChI=1S/C15H12N4S2/c1-2-4-11(5-3-1)8-16-14-18-19-9-13(17-15(19)21-14)12-6-7-20-10-12/h1-7,9-10H,8H2,(H,16,18). The van der Waals surface area contributed by atoms with E-state index in [1.807, 2.05) is 28.9 Å². The number of thiophene rings is 1. The number of nitrogens with zero attached hydrogens (tertiary/aromatic N) is 3. The number of rotatable bonds is 4. The molecule has 4 aromatic rings. The Labute approximate surface area is 129 Å². The highest BCUT2D eigenvalue weighted by molar-refractivity contribution is 7.20. The second kappa shape index (κ2) is 5.31. The van der Waals surface area contributed by atoms with E-state index in [1.54, 1.807) is 22.7 Å². The first kappa shape index (κ1) is 12.6. The van der Waals surface area contributed by atoms with Gasteiger partial charge in [-0.05, 0) is 17.0 Å². The van der Waals surface area contributed by atoms with Crippen LogP contribution in [-0.4, -0.2) is 14.6 Å². The zero-order chi connectivity index (χ0) is 14.1. The number of anilines is 1. The molecule has 4 nitrogen and oxygen atoms in total. The molecular formula is C15H12N4S2. The van der Waals surface area contributed by atoms with Crippen LogP contribution in [-0.2, 0) is 6.54 Å². The highest BCUT2D eigenvalue weighted by Crippen LogP contribution is 2.25. The lowest BCUT2D eigenvalue weighted by Crippen LogP contribution is -1.99. The number of fused-ring (bicyclic) bond motifs is 1. The normalized spacial score (nSPS) is 11.0. The van der Waals surface area contributed by atoms with Crippen molar-refractivity contribution in [3.05, 3.63) is 58.9 Å². The minimum absolute atomic E-state index is 0.773. The van der Waals surface area contributed by atoms with Gasteiger partial charge in [0.1, 0.15) is 0 Å². The first-order valence-corrected chi connectivity index (χ1v) is 8.31. The van der Waals surface area contributed by atoms with Crippen LogP contribution in [0.3, 0.4) is 0 Å². The Hall–Kier alpha value is -2.18. The fraction of sp³-hybridized carbons (Fsp3) is 0.0667. The van der Waals surface area contributed by atoms with E-state index in [-0.39, 0.29) is 0 Å². The van der Waals surface area contributed by atoms with Crippen LogP contribution in [0.4, 0.5) is 5.13 Å². The second-order valence-electron chi connectivity index (χ2n) is 4.61. The van der Waals surface area contributed by atoms with Gasteiger partial charge >= 0.3 is 0 Å². The molecule has 0 spiro atoms. The molecule has 3 heterocycles. The average Bonchev–Trinajstić information content (AvgIpc) is 3.21. The summed E-state index contributed by atoms with van der Waals surface area (Å²) in [6.07, 6.45) is 1.97. The van der Waals surface area contributed by atoms with E-state index < -0.39 is 0 Å². The number of aromatic nitrogens is 3. The second-order valence-corrected chi connectivity index (χ2v) is 6.35. The van der Waals surface area contributed by atoms with Crippen LogP contribution in [0.1, 0.15) is 5.56 Å². The third-order valence-corrected chi connectivity index (χ3v) is 4.71. The molecule has 0 saturated carbocycles. The van der Waals surface area contributed by atoms with Crippen molar-refractivity contribution in [3.63, 3.8) is 0 Å². The van der Waals surface area contributed by atoms with Gasteiger partial charge in [-0.3, -0.25) is 0 Å². The average molecular weight is 312 g/mol. The first-order chi connectivity index (χ1) is 10.4. The summed E-state index contributed by atoms with van der Waals surface area (Å²) in [6.45, 7) is 0.773. The summed E-state index contributed by atoms with van der Waals surface area (Å²) in [5.41, 5.74) is 3.37. The van der Waals surface area contributed by atoms with Gasteiger partial charge in [0.25, 0.3) is 0 Å². The maximum Gasteiger partial charge on any atom is 0.214 e. The third kappa shape index (κ3) is 2.55. The molecule has 0 atom stereocenters. The van der Waals surface area contributed by atoms with Gasteiger partial charge in [-0.1, -0.05) is 41.7 Å². The quantitative estimate of drug-likeness (QED) is 0.616. The summed E-state index contributed by atoms with van der Waals surface area (Å²) in [5, 5.41) is 12.9. The molecule has 0 fully saturated rings. The summed E-state index contributed by atoms with van der Waals surface area (Å²) in [7, 11) is 0. The Bertz CT molecular complexity index is 815. The summed E-state index contributed by atoms with van der Waals surface area (Å²) < 4.78 is 1.84. The van der Waals surface area contributed by atoms with Crippen LogP contribution in [0, 0.1) is 0 Å². The maximum absolute atomic E-state index is 4.62. The van der Waals surface area contributed by atoms with Crippen molar-refractivity contribution < 1.29 is 0 Å². The predicted molar refractivity (Wildman–Crippen MR) is 87.9 cm³/mol. The smallest absolute Gasteiger partial charge is 0.214 e. The molecule has 0 saturated heterocycles. The lowest BCUT2D eigenvalue weighted by Gasteiger charge is -2.01. The number of imidazole rings is 1. The lowest BCUT2D eigenvalue weighted by atomic mass is 10.2. The minimum atomic E-state index is 0.773. The number of hydrogen-bond donors (Lipinski definition) is 1. The van der Waals surface area contributed by atoms with E-state index in [9.17, 15) is 0 Å². The minimum Gasteiger partial charge on any atom is -0.356 e. The molecular weight excluding hydrogens is 300 g/mol. The van der Waals surface area contributed by atoms with Gasteiger partial charge in [-0.15, -0.1) is 5.10 Å². The van der Waals surface area contributed by atoms with Crippen LogP contribution in [0.2, 0.25) is 0 Å². The number of nitrogens with one attached hydrogen (secondary N) is 1. The SMILES string of the molecule is c1ccc(CNc2nn3cc(-c4ccsc4)nc3s2)cc1. The topological polar surface area (TPSA) is 42.2 Å². The molecule has 0 unspecified atom stereocenters. The van der Waals surface area contributed by atoms with Gasteiger partial charge in [0.05, 0.1) is 11.9 Å². The largest absolute Gasteiger partial charge is 0.356 e. The van der Waals surface area contributed by atoms with E-state index in [0.29, 0.717) is 0 Å². The van der Waals surface area contributed by atoms with Gasteiger partial charge in [-0.25, -0.2) is 9.50 Å². The summed E-state index contributed by atoms with van der Waals surface area (Å²) in [5.74, 6) is 0. The van der Waals surface area contributed by atoms with Crippen molar-refractivity contribution in [2.24, 2.45) is 0 Å². The van der Waals surface area contributed by atoms with Gasteiger partial charge in [0.15, 0.2) is 0 Å². The third-order valence-electron chi connectivity index (χ3n) is 3.15. The number of benzene rings is 1. The zero-order valence-electron chi connectivity index (χ0n) is 11.1. The summed E-state index contributed by atoms with van der Waals surface area (Å²) in [6, 6.07) is 12.4. The van der Waals surface area contributed by atoms with Gasteiger partial charge in [0, 0.05) is 17.5 Å². The van der Waals surface area contributed by atoms with Crippen molar-refractivity contribution in [3.8, 4) is 11.3 Å². The van der Waals surface area contributed by atoms with Gasteiger partial charge in [-0.2, -0.15) is 11.3 Å². The Balaban J connectivity index is 1.54. The van der Waals surface area contributed by atoms with Crippen LogP contribution in [0.5, 0.6) is 0 Å². The van der Waals surface area contributed by atoms with E-state index in [2.05, 4.69) is 44.4 Å². The first-order valence-electron chi connectivity index (χ1n) is 6.55. The predicted octanol–water partition coefficient (Wildman–Crippen LogP) is 4.13. The Morgan fingerprint density at radius 1 is 1.14 bits per heavy atom. The highest BCUT2D eigenvalue weighted by atomic mass is 32.1. The van der Waals surface area contributed by atoms with Gasteiger partial charge in [0.2, 0.25) is 10.1 Å². The molecule has 1 N–H and O–H groups in total. The molecule has 0 aliphatic heterocycles. The summed E-state index contributed by atoms with van der Waals surface area (Å²) in [4.78, 5) is 5.53. The number of hydrogen-bond acceptors (Lipinski definition) is 5. The van der Waals surface area contributed by atoms with Crippen molar-refractivity contribution >= 4 is 32.8 Å². The fourth-order valence-corrected chi connectivity index (χ4v) is 3.52. The van der Waals surface area contributed by atoms with Crippen LogP contribution < -0.4 is 5.32 Å². The highest BCUT2D eigenvalue weighted by Gasteiger charge is 2.09. The van der Waals surface area contributed by atoms with Crippen molar-refractivity contribution in [1.82, 2.24) is 14.6 Å². The lowest BCUT2D eigenvalue weighted by molar-refractivity contribution is 0.962. The zero-order valence-corrected chi connectivity index (χ0v) is 12.7. The fourth-order valence-electron chi connectivity index (χ4n) is 2.09. The molecule has 104 valence electrons. The molecule has 0 amide bonds. The van der Waals surface area contributed by atoms with Gasteiger partial charge < -0.3 is 5.32 Å². The molecule has 3 aromatic heterocycles. The Morgan fingerprint density at radius 2 is 2.05 bits per heavy atom. The molecule has 21 heavy (non-hydrogen) atoms. The van der Waals surface area contributed by atoms with Crippen LogP contribution in [0.15, 0.2) is 53.4 Å². The van der Waals surface area contributed by atoms with E-state index in [0.717, 1.165) is 27.9 Å². The molecule has 0 aliphatic carbocycles. The summed E-state index contributed by atoms with van der Waals surface area (Å²) >= 11 is 3.24. The van der Waals surface area contributed by atoms with E-state index >= 15 is 0 Å². The van der Waals surface area contributed by atoms with E-state index in [4.69, 9.17) is 0 Å². The van der Waals surface area contributed by atoms with E-state index in [1.165, 1.54) is 5.56 Å². The Morgan fingerprint density at radius 3 is 2.81 bits per heavy atom. The van der Waals surface area contributed by atoms with Crippen molar-refractivity contribution in [1.29, 1.82) is 0 Å². The molecule has 0 bridgehead atoms. The van der Waals surface area contributed by atoms with Crippen molar-refractivity contribution in [2.45, 2.75) is 6.54 Å². The Kier molecular flexibility index (Phi) is 3.17. The van der Waals surface area contributed by atoms with Crippen LogP contribution in [0.25, 0.3) is 16.2 Å². The maximum atomic E-state index is 4.62. The molecule has 1 aromatic carbocycles. The van der Waals surface area contributed by atoms with Crippen molar-refractivity contribution in [2.75, 3.05) is 5.32 Å².